The minimum Gasteiger partial charge on any atom is -0.352 e. The maximum Gasteiger partial charge on any atom is 0.244 e. The van der Waals surface area contributed by atoms with Crippen molar-refractivity contribution in [3.8, 4) is 0 Å². The van der Waals surface area contributed by atoms with Crippen LogP contribution in [-0.2, 0) is 32.6 Å². The summed E-state index contributed by atoms with van der Waals surface area (Å²) in [5.74, 6) is -0.758. The van der Waals surface area contributed by atoms with Gasteiger partial charge in [-0.15, -0.1) is 0 Å². The average Bonchev–Trinajstić information content (AvgIpc) is 3.45. The number of carbonyl (C=O) groups excluding carboxylic acids is 2. The van der Waals surface area contributed by atoms with Gasteiger partial charge < -0.3 is 10.2 Å². The van der Waals surface area contributed by atoms with E-state index in [9.17, 15) is 18.0 Å². The van der Waals surface area contributed by atoms with E-state index in [0.29, 0.717) is 0 Å². The molecule has 3 aromatic carbocycles. The summed E-state index contributed by atoms with van der Waals surface area (Å²) < 4.78 is 26.8. The predicted molar refractivity (Wildman–Crippen MR) is 165 cm³/mol. The van der Waals surface area contributed by atoms with Crippen LogP contribution in [0.3, 0.4) is 0 Å². The van der Waals surface area contributed by atoms with Gasteiger partial charge in [0, 0.05) is 19.0 Å². The van der Waals surface area contributed by atoms with E-state index in [1.54, 1.807) is 0 Å². The van der Waals surface area contributed by atoms with E-state index in [4.69, 9.17) is 23.2 Å². The molecule has 218 valence electrons. The zero-order valence-corrected chi connectivity index (χ0v) is 25.6. The van der Waals surface area contributed by atoms with E-state index in [1.807, 2.05) is 61.5 Å². The van der Waals surface area contributed by atoms with Crippen molar-refractivity contribution >= 4 is 50.7 Å². The van der Waals surface area contributed by atoms with Crippen LogP contribution >= 0.6 is 23.2 Å². The van der Waals surface area contributed by atoms with E-state index < -0.39 is 28.5 Å². The Kier molecular flexibility index (Phi) is 10.3. The lowest BCUT2D eigenvalue weighted by Crippen LogP contribution is -2.54. The fraction of sp³-hybridized carbons (Fsp3) is 0.355. The number of aryl methyl sites for hydroxylation is 1. The molecule has 41 heavy (non-hydrogen) atoms. The minimum atomic E-state index is -3.89. The van der Waals surface area contributed by atoms with Gasteiger partial charge in [-0.05, 0) is 49.1 Å². The monoisotopic (exact) mass is 615 g/mol. The first kappa shape index (κ1) is 30.9. The van der Waals surface area contributed by atoms with Crippen molar-refractivity contribution in [2.45, 2.75) is 57.7 Å². The molecular formula is C31H35Cl2N3O4S. The summed E-state index contributed by atoms with van der Waals surface area (Å²) >= 11 is 12.2. The van der Waals surface area contributed by atoms with E-state index in [1.165, 1.54) is 23.1 Å². The Morgan fingerprint density at radius 3 is 2.20 bits per heavy atom. The third-order valence-corrected chi connectivity index (χ3v) is 9.20. The predicted octanol–water partition coefficient (Wildman–Crippen LogP) is 5.77. The molecule has 1 atom stereocenters. The Morgan fingerprint density at radius 2 is 1.59 bits per heavy atom. The number of anilines is 1. The molecule has 10 heteroatoms. The number of halogens is 2. The van der Waals surface area contributed by atoms with Crippen LogP contribution in [0.25, 0.3) is 0 Å². The van der Waals surface area contributed by atoms with Crippen molar-refractivity contribution in [1.82, 2.24) is 10.2 Å². The van der Waals surface area contributed by atoms with E-state index in [0.717, 1.165) is 52.9 Å². The number of hydrogen-bond acceptors (Lipinski definition) is 4. The molecule has 0 spiro atoms. The largest absolute Gasteiger partial charge is 0.352 e. The topological polar surface area (TPSA) is 86.8 Å². The summed E-state index contributed by atoms with van der Waals surface area (Å²) in [6.45, 7) is 1.60. The first-order chi connectivity index (χ1) is 19.5. The molecule has 4 rings (SSSR count). The van der Waals surface area contributed by atoms with Gasteiger partial charge >= 0.3 is 0 Å². The van der Waals surface area contributed by atoms with Gasteiger partial charge in [0.05, 0.1) is 22.0 Å². The van der Waals surface area contributed by atoms with Crippen molar-refractivity contribution < 1.29 is 18.0 Å². The Balaban J connectivity index is 1.72. The molecular weight excluding hydrogens is 581 g/mol. The lowest BCUT2D eigenvalue weighted by Gasteiger charge is -2.34. The van der Waals surface area contributed by atoms with Crippen molar-refractivity contribution in [1.29, 1.82) is 0 Å². The highest BCUT2D eigenvalue weighted by Crippen LogP contribution is 2.29. The summed E-state index contributed by atoms with van der Waals surface area (Å²) in [7, 11) is -3.89. The quantitative estimate of drug-likeness (QED) is 0.297. The highest BCUT2D eigenvalue weighted by Gasteiger charge is 2.34. The van der Waals surface area contributed by atoms with Crippen molar-refractivity contribution in [3.63, 3.8) is 0 Å². The van der Waals surface area contributed by atoms with Crippen molar-refractivity contribution in [2.24, 2.45) is 0 Å². The first-order valence-corrected chi connectivity index (χ1v) is 16.2. The van der Waals surface area contributed by atoms with Crippen LogP contribution in [0.1, 0.15) is 42.4 Å². The van der Waals surface area contributed by atoms with Gasteiger partial charge in [-0.25, -0.2) is 8.42 Å². The average molecular weight is 617 g/mol. The molecule has 3 aromatic rings. The fourth-order valence-electron chi connectivity index (χ4n) is 5.07. The molecule has 0 bridgehead atoms. The summed E-state index contributed by atoms with van der Waals surface area (Å²) in [5.41, 5.74) is 3.00. The summed E-state index contributed by atoms with van der Waals surface area (Å²) in [6, 6.07) is 20.8. The van der Waals surface area contributed by atoms with Crippen molar-refractivity contribution in [3.05, 3.63) is 99.5 Å². The molecule has 0 saturated heterocycles. The number of amides is 2. The molecule has 1 saturated carbocycles. The van der Waals surface area contributed by atoms with Gasteiger partial charge in [-0.2, -0.15) is 0 Å². The molecule has 0 aromatic heterocycles. The fourth-order valence-corrected chi connectivity index (χ4v) is 6.20. The van der Waals surface area contributed by atoms with Crippen LogP contribution in [0, 0.1) is 6.92 Å². The molecule has 1 aliphatic rings. The Hall–Kier alpha value is -3.07. The van der Waals surface area contributed by atoms with Crippen LogP contribution in [0.5, 0.6) is 0 Å². The van der Waals surface area contributed by atoms with E-state index >= 15 is 0 Å². The summed E-state index contributed by atoms with van der Waals surface area (Å²) in [6.07, 6.45) is 5.20. The second-order valence-corrected chi connectivity index (χ2v) is 13.3. The third-order valence-electron chi connectivity index (χ3n) is 7.32. The smallest absolute Gasteiger partial charge is 0.244 e. The maximum atomic E-state index is 14.2. The van der Waals surface area contributed by atoms with Gasteiger partial charge in [0.2, 0.25) is 21.8 Å². The summed E-state index contributed by atoms with van der Waals surface area (Å²) in [5, 5.41) is 3.59. The molecule has 0 radical (unpaired) electrons. The van der Waals surface area contributed by atoms with Gasteiger partial charge in [0.25, 0.3) is 0 Å². The normalized spacial score (nSPS) is 14.4. The van der Waals surface area contributed by atoms with Gasteiger partial charge in [-0.1, -0.05) is 96.2 Å². The highest BCUT2D eigenvalue weighted by molar-refractivity contribution is 7.92. The maximum absolute atomic E-state index is 14.2. The number of benzene rings is 3. The number of hydrogen-bond donors (Lipinski definition) is 1. The van der Waals surface area contributed by atoms with Crippen LogP contribution < -0.4 is 9.62 Å². The van der Waals surface area contributed by atoms with Crippen LogP contribution in [0.2, 0.25) is 10.0 Å². The number of rotatable bonds is 11. The van der Waals surface area contributed by atoms with Crippen LogP contribution in [0.4, 0.5) is 5.69 Å². The van der Waals surface area contributed by atoms with E-state index in [2.05, 4.69) is 5.32 Å². The van der Waals surface area contributed by atoms with Gasteiger partial charge in [0.1, 0.15) is 12.6 Å². The number of nitrogens with zero attached hydrogens (tertiary/aromatic N) is 2. The molecule has 1 aliphatic carbocycles. The molecule has 0 heterocycles. The lowest BCUT2D eigenvalue weighted by atomic mass is 10.0. The summed E-state index contributed by atoms with van der Waals surface area (Å²) in [4.78, 5) is 29.5. The van der Waals surface area contributed by atoms with Crippen LogP contribution in [0.15, 0.2) is 72.8 Å². The van der Waals surface area contributed by atoms with Crippen LogP contribution in [-0.4, -0.2) is 50.0 Å². The zero-order chi connectivity index (χ0) is 29.6. The Morgan fingerprint density at radius 1 is 0.927 bits per heavy atom. The third kappa shape index (κ3) is 8.47. The molecule has 1 fully saturated rings. The second-order valence-electron chi connectivity index (χ2n) is 10.6. The Labute approximate surface area is 252 Å². The molecule has 0 aliphatic heterocycles. The van der Waals surface area contributed by atoms with Crippen molar-refractivity contribution in [2.75, 3.05) is 17.1 Å². The molecule has 2 amide bonds. The number of carbonyl (C=O) groups is 2. The van der Waals surface area contributed by atoms with Gasteiger partial charge in [0.15, 0.2) is 0 Å². The number of sulfonamides is 1. The van der Waals surface area contributed by atoms with E-state index in [-0.39, 0.29) is 40.6 Å². The first-order valence-electron chi connectivity index (χ1n) is 13.6. The zero-order valence-electron chi connectivity index (χ0n) is 23.2. The van der Waals surface area contributed by atoms with Gasteiger partial charge in [-0.3, -0.25) is 13.9 Å². The second kappa shape index (κ2) is 13.7. The number of nitrogens with one attached hydrogen (secondary N) is 1. The Bertz CT molecular complexity index is 1460. The lowest BCUT2D eigenvalue weighted by molar-refractivity contribution is -0.140. The standard InChI is InChI=1S/C31H35Cl2N3O4S/c1-22-12-14-24(15-13-22)20-35(30(37)21-36(41(2,39)40)26-16-17-27(32)28(33)19-26)29(18-23-8-4-3-5-9-23)31(38)34-25-10-6-7-11-25/h3-5,8-9,12-17,19,25,29H,6-7,10-11,18,20-21H2,1-2H3,(H,34,38)/t29-/m0/s1. The minimum absolute atomic E-state index is 0.0563. The molecule has 0 unspecified atom stereocenters. The molecule has 1 N–H and O–H groups in total. The SMILES string of the molecule is Cc1ccc(CN(C(=O)CN(c2ccc(Cl)c(Cl)c2)S(C)(=O)=O)[C@@H](Cc2ccccc2)C(=O)NC2CCCC2)cc1. The highest BCUT2D eigenvalue weighted by atomic mass is 35.5. The molecule has 7 nitrogen and oxygen atoms in total.